The molecule has 1 amide bonds. The Morgan fingerprint density at radius 2 is 1.85 bits per heavy atom. The van der Waals surface area contributed by atoms with E-state index in [2.05, 4.69) is 29.2 Å². The lowest BCUT2D eigenvalue weighted by atomic mass is 9.80. The SMILES string of the molecule is COCCCOc1cc(C[C@@H](C[C@H](N=[N+]=[N-])[C@@H](O)CC(C(=O)NCC(C)(C)C=N)C(C)C)C(C)C)ccc1OC. The van der Waals surface area contributed by atoms with E-state index in [1.807, 2.05) is 45.9 Å². The molecule has 226 valence electrons. The van der Waals surface area contributed by atoms with E-state index in [1.54, 1.807) is 14.2 Å². The van der Waals surface area contributed by atoms with Gasteiger partial charge in [-0.2, -0.15) is 0 Å². The van der Waals surface area contributed by atoms with E-state index in [0.717, 1.165) is 12.0 Å². The van der Waals surface area contributed by atoms with Gasteiger partial charge in [0.1, 0.15) is 0 Å². The highest BCUT2D eigenvalue weighted by Crippen LogP contribution is 2.32. The zero-order valence-corrected chi connectivity index (χ0v) is 25.6. The smallest absolute Gasteiger partial charge is 0.223 e. The number of hydrogen-bond acceptors (Lipinski definition) is 7. The fourth-order valence-electron chi connectivity index (χ4n) is 4.49. The number of carbonyl (C=O) groups excluding carboxylic acids is 1. The molecule has 1 rings (SSSR count). The number of rotatable bonds is 20. The van der Waals surface area contributed by atoms with E-state index >= 15 is 0 Å². The number of methoxy groups -OCH3 is 2. The largest absolute Gasteiger partial charge is 0.493 e. The van der Waals surface area contributed by atoms with Gasteiger partial charge < -0.3 is 30.0 Å². The molecule has 1 unspecified atom stereocenters. The lowest BCUT2D eigenvalue weighted by molar-refractivity contribution is -0.128. The third-order valence-electron chi connectivity index (χ3n) is 7.35. The molecule has 1 aromatic carbocycles. The molecule has 0 saturated carbocycles. The van der Waals surface area contributed by atoms with Crippen molar-refractivity contribution in [2.24, 2.45) is 34.2 Å². The molecular formula is C30H51N5O5. The molecule has 0 spiro atoms. The molecule has 0 aliphatic rings. The lowest BCUT2D eigenvalue weighted by Gasteiger charge is -2.30. The number of nitrogens with zero attached hydrogens (tertiary/aromatic N) is 3. The van der Waals surface area contributed by atoms with Crippen molar-refractivity contribution < 1.29 is 24.1 Å². The van der Waals surface area contributed by atoms with Crippen molar-refractivity contribution in [2.75, 3.05) is 34.0 Å². The van der Waals surface area contributed by atoms with E-state index in [-0.39, 0.29) is 30.1 Å². The molecule has 10 nitrogen and oxygen atoms in total. The number of hydrogen-bond donors (Lipinski definition) is 3. The van der Waals surface area contributed by atoms with Gasteiger partial charge >= 0.3 is 0 Å². The van der Waals surface area contributed by atoms with Gasteiger partial charge in [0, 0.05) is 49.1 Å². The van der Waals surface area contributed by atoms with Crippen LogP contribution in [0.3, 0.4) is 0 Å². The zero-order chi connectivity index (χ0) is 30.3. The van der Waals surface area contributed by atoms with E-state index in [9.17, 15) is 15.4 Å². The summed E-state index contributed by atoms with van der Waals surface area (Å²) in [4.78, 5) is 16.0. The summed E-state index contributed by atoms with van der Waals surface area (Å²) in [6.07, 6.45) is 2.47. The molecule has 3 N–H and O–H groups in total. The third-order valence-corrected chi connectivity index (χ3v) is 7.35. The van der Waals surface area contributed by atoms with Crippen LogP contribution in [0.4, 0.5) is 0 Å². The van der Waals surface area contributed by atoms with E-state index in [0.29, 0.717) is 44.1 Å². The average molecular weight is 562 g/mol. The number of ether oxygens (including phenoxy) is 3. The van der Waals surface area contributed by atoms with Crippen molar-refractivity contribution >= 4 is 12.1 Å². The number of nitrogens with one attached hydrogen (secondary N) is 2. The maximum Gasteiger partial charge on any atom is 0.223 e. The minimum Gasteiger partial charge on any atom is -0.493 e. The number of azide groups is 1. The number of aliphatic hydroxyl groups is 1. The van der Waals surface area contributed by atoms with Gasteiger partial charge in [0.2, 0.25) is 5.91 Å². The van der Waals surface area contributed by atoms with Crippen LogP contribution < -0.4 is 14.8 Å². The van der Waals surface area contributed by atoms with Crippen molar-refractivity contribution in [1.29, 1.82) is 5.41 Å². The Morgan fingerprint density at radius 1 is 1.15 bits per heavy atom. The van der Waals surface area contributed by atoms with Gasteiger partial charge in [0.25, 0.3) is 0 Å². The summed E-state index contributed by atoms with van der Waals surface area (Å²) >= 11 is 0. The number of benzene rings is 1. The molecule has 0 aliphatic carbocycles. The first-order chi connectivity index (χ1) is 18.9. The summed E-state index contributed by atoms with van der Waals surface area (Å²) in [5.74, 6) is 1.05. The zero-order valence-electron chi connectivity index (χ0n) is 25.6. The van der Waals surface area contributed by atoms with Crippen molar-refractivity contribution in [1.82, 2.24) is 5.32 Å². The summed E-state index contributed by atoms with van der Waals surface area (Å²) in [7, 11) is 3.27. The Labute approximate surface area is 240 Å². The molecule has 0 saturated heterocycles. The Bertz CT molecular complexity index is 962. The quantitative estimate of drug-likeness (QED) is 0.0604. The van der Waals surface area contributed by atoms with E-state index in [4.69, 9.17) is 19.6 Å². The molecule has 0 bridgehead atoms. The van der Waals surface area contributed by atoms with E-state index in [1.165, 1.54) is 6.21 Å². The first-order valence-electron chi connectivity index (χ1n) is 14.2. The second-order valence-corrected chi connectivity index (χ2v) is 11.9. The summed E-state index contributed by atoms with van der Waals surface area (Å²) in [5, 5.41) is 25.6. The maximum absolute atomic E-state index is 13.0. The molecule has 0 radical (unpaired) electrons. The van der Waals surface area contributed by atoms with Crippen LogP contribution in [0.25, 0.3) is 10.4 Å². The highest BCUT2D eigenvalue weighted by atomic mass is 16.5. The molecule has 10 heteroatoms. The highest BCUT2D eigenvalue weighted by Gasteiger charge is 2.31. The van der Waals surface area contributed by atoms with Gasteiger partial charge in [0.05, 0.1) is 25.9 Å². The first-order valence-corrected chi connectivity index (χ1v) is 14.2. The number of aliphatic hydroxyl groups excluding tert-OH is 1. The molecule has 0 fully saturated rings. The lowest BCUT2D eigenvalue weighted by Crippen LogP contribution is -2.42. The third kappa shape index (κ3) is 12.1. The number of carbonyl (C=O) groups is 1. The fraction of sp³-hybridized carbons (Fsp3) is 0.733. The summed E-state index contributed by atoms with van der Waals surface area (Å²) in [6.45, 7) is 13.3. The predicted molar refractivity (Wildman–Crippen MR) is 159 cm³/mol. The molecule has 40 heavy (non-hydrogen) atoms. The maximum atomic E-state index is 13.0. The second-order valence-electron chi connectivity index (χ2n) is 11.9. The molecule has 0 aliphatic heterocycles. The monoisotopic (exact) mass is 561 g/mol. The molecule has 0 aromatic heterocycles. The normalized spacial score (nSPS) is 14.7. The van der Waals surface area contributed by atoms with Crippen LogP contribution in [-0.4, -0.2) is 63.4 Å². The van der Waals surface area contributed by atoms with Crippen molar-refractivity contribution in [3.8, 4) is 11.5 Å². The Morgan fingerprint density at radius 3 is 2.40 bits per heavy atom. The Hall–Kier alpha value is -2.81. The van der Waals surface area contributed by atoms with Crippen LogP contribution in [0.1, 0.15) is 66.4 Å². The van der Waals surface area contributed by atoms with Gasteiger partial charge in [-0.25, -0.2) is 0 Å². The minimum atomic E-state index is -0.971. The Balaban J connectivity index is 3.03. The predicted octanol–water partition coefficient (Wildman–Crippen LogP) is 5.81. The van der Waals surface area contributed by atoms with Crippen molar-refractivity contribution in [3.63, 3.8) is 0 Å². The van der Waals surface area contributed by atoms with Crippen LogP contribution in [-0.2, 0) is 16.0 Å². The van der Waals surface area contributed by atoms with Gasteiger partial charge in [-0.1, -0.05) is 52.7 Å². The second kappa shape index (κ2) is 17.8. The topological polar surface area (TPSA) is 150 Å². The summed E-state index contributed by atoms with van der Waals surface area (Å²) in [5.41, 5.74) is 9.91. The average Bonchev–Trinajstić information content (AvgIpc) is 2.91. The van der Waals surface area contributed by atoms with Crippen LogP contribution in [0.15, 0.2) is 23.3 Å². The molecule has 0 heterocycles. The standard InChI is InChI=1S/C30H51N5O5/c1-20(2)23(14-22-10-11-27(39-8)28(15-22)40-13-9-12-38-7)16-25(34-35-32)26(36)17-24(21(3)4)29(37)33-19-30(5,6)18-31/h10-11,15,18,20-21,23-26,31,36H,9,12-14,16-17,19H2,1-8H3,(H,33,37)/t23-,24?,25-,26-/m0/s1. The molecule has 1 aromatic rings. The van der Waals surface area contributed by atoms with Crippen LogP contribution in [0.2, 0.25) is 0 Å². The summed E-state index contributed by atoms with van der Waals surface area (Å²) < 4.78 is 16.5. The van der Waals surface area contributed by atoms with Gasteiger partial charge in [-0.15, -0.1) is 0 Å². The van der Waals surface area contributed by atoms with Gasteiger partial charge in [-0.3, -0.25) is 4.79 Å². The van der Waals surface area contributed by atoms with Crippen LogP contribution in [0, 0.1) is 34.5 Å². The first kappa shape index (κ1) is 35.2. The summed E-state index contributed by atoms with van der Waals surface area (Å²) in [6, 6.07) is 5.20. The highest BCUT2D eigenvalue weighted by molar-refractivity contribution is 5.79. The van der Waals surface area contributed by atoms with Gasteiger partial charge in [0.15, 0.2) is 11.5 Å². The minimum absolute atomic E-state index is 0.0213. The fourth-order valence-corrected chi connectivity index (χ4v) is 4.49. The number of amides is 1. The molecule has 4 atom stereocenters. The van der Waals surface area contributed by atoms with Crippen LogP contribution >= 0.6 is 0 Å². The Kier molecular flexibility index (Phi) is 15.7. The van der Waals surface area contributed by atoms with Crippen molar-refractivity contribution in [3.05, 3.63) is 34.2 Å². The van der Waals surface area contributed by atoms with E-state index < -0.39 is 23.5 Å². The molecular weight excluding hydrogens is 510 g/mol. The van der Waals surface area contributed by atoms with Crippen molar-refractivity contribution in [2.45, 2.75) is 79.4 Å². The van der Waals surface area contributed by atoms with Gasteiger partial charge in [-0.05, 0) is 60.2 Å². The van der Waals surface area contributed by atoms with Crippen LogP contribution in [0.5, 0.6) is 11.5 Å².